The third kappa shape index (κ3) is 15.2. The maximum Gasteiger partial charge on any atom is 0.341 e. The molecule has 1 saturated heterocycles. The molecule has 17 nitrogen and oxygen atoms in total. The maximum atomic E-state index is 12.7. The second-order valence-corrected chi connectivity index (χ2v) is 12.7. The molecule has 43 heavy (non-hydrogen) atoms. The average Bonchev–Trinajstić information content (AvgIpc) is 2.91. The lowest BCUT2D eigenvalue weighted by molar-refractivity contribution is -0.140. The van der Waals surface area contributed by atoms with Gasteiger partial charge in [-0.25, -0.2) is 17.9 Å². The molecule has 7 N–H and O–H groups in total. The largest absolute Gasteiger partial charge is 0.482 e. The molecule has 0 aromatic heterocycles. The van der Waals surface area contributed by atoms with E-state index in [0.717, 1.165) is 0 Å². The van der Waals surface area contributed by atoms with Gasteiger partial charge < -0.3 is 34.9 Å². The number of nitrogens with zero attached hydrogens (tertiary/aromatic N) is 4. The smallest absolute Gasteiger partial charge is 0.341 e. The summed E-state index contributed by atoms with van der Waals surface area (Å²) in [6.45, 7) is 0.955. The Morgan fingerprint density at radius 2 is 1.26 bits per heavy atom. The predicted octanol–water partition coefficient (Wildman–Crippen LogP) is -2.57. The fourth-order valence-electron chi connectivity index (χ4n) is 4.29. The molecule has 19 heteroatoms. The summed E-state index contributed by atoms with van der Waals surface area (Å²) in [5.74, 6) is -3.09. The molecule has 0 saturated carbocycles. The molecule has 0 radical (unpaired) electrons. The van der Waals surface area contributed by atoms with Crippen molar-refractivity contribution >= 4 is 36.3 Å². The molecule has 1 aliphatic rings. The Bertz CT molecular complexity index is 1110. The highest BCUT2D eigenvalue weighted by Crippen LogP contribution is 2.23. The molecular weight excluding hydrogens is 613 g/mol. The molecule has 1 unspecified atom stereocenters. The van der Waals surface area contributed by atoms with Gasteiger partial charge in [-0.1, -0.05) is 0 Å². The Hall–Kier alpha value is -2.51. The second-order valence-electron chi connectivity index (χ2n) is 9.93. The first-order valence-corrected chi connectivity index (χ1v) is 16.3. The number of nitrogens with one attached hydrogen (secondary N) is 1. The first-order chi connectivity index (χ1) is 20.2. The molecule has 1 aromatic rings. The van der Waals surface area contributed by atoms with Gasteiger partial charge in [-0.05, 0) is 24.3 Å². The Balaban J connectivity index is 2.06. The summed E-state index contributed by atoms with van der Waals surface area (Å²) >= 11 is 0. The number of carboxylic acids is 3. The van der Waals surface area contributed by atoms with Gasteiger partial charge in [0.25, 0.3) is 0 Å². The number of ether oxygens (including phenoxy) is 1. The van der Waals surface area contributed by atoms with Crippen LogP contribution in [0.2, 0.25) is 0 Å². The van der Waals surface area contributed by atoms with Crippen LogP contribution in [0, 0.1) is 0 Å². The zero-order chi connectivity index (χ0) is 32.0. The van der Waals surface area contributed by atoms with E-state index in [1.807, 2.05) is 0 Å². The van der Waals surface area contributed by atoms with Gasteiger partial charge in [-0.15, -0.1) is 0 Å². The number of aliphatic hydroxyl groups is 1. The third-order valence-corrected chi connectivity index (χ3v) is 8.54. The number of carboxylic acid groups (broad SMARTS) is 3. The van der Waals surface area contributed by atoms with E-state index in [-0.39, 0.29) is 56.2 Å². The van der Waals surface area contributed by atoms with Gasteiger partial charge in [0.05, 0.1) is 30.4 Å². The Labute approximate surface area is 250 Å². The van der Waals surface area contributed by atoms with Crippen LogP contribution in [0.1, 0.15) is 0 Å². The summed E-state index contributed by atoms with van der Waals surface area (Å²) < 4.78 is 32.8. The monoisotopic (exact) mass is 653 g/mol. The minimum Gasteiger partial charge on any atom is -0.482 e. The molecule has 244 valence electrons. The molecule has 1 heterocycles. The Morgan fingerprint density at radius 3 is 1.70 bits per heavy atom. The zero-order valence-corrected chi connectivity index (χ0v) is 25.3. The van der Waals surface area contributed by atoms with Crippen molar-refractivity contribution in [3.05, 3.63) is 24.3 Å². The first kappa shape index (κ1) is 36.7. The van der Waals surface area contributed by atoms with Crippen LogP contribution < -0.4 is 9.46 Å². The summed E-state index contributed by atoms with van der Waals surface area (Å²) in [4.78, 5) is 59.3. The number of hydrogen-bond donors (Lipinski definition) is 7. The fourth-order valence-corrected chi connectivity index (χ4v) is 6.01. The van der Waals surface area contributed by atoms with Gasteiger partial charge in [0.2, 0.25) is 10.0 Å². The van der Waals surface area contributed by atoms with Crippen LogP contribution in [0.5, 0.6) is 5.75 Å². The summed E-state index contributed by atoms with van der Waals surface area (Å²) in [6.07, 6.45) is -1.18. The highest BCUT2D eigenvalue weighted by molar-refractivity contribution is 7.89. The lowest BCUT2D eigenvalue weighted by Gasteiger charge is -2.34. The van der Waals surface area contributed by atoms with Crippen LogP contribution in [0.25, 0.3) is 0 Å². The molecule has 1 atom stereocenters. The number of aliphatic carboxylic acids is 3. The molecule has 0 amide bonds. The van der Waals surface area contributed by atoms with E-state index in [9.17, 15) is 47.9 Å². The van der Waals surface area contributed by atoms with Gasteiger partial charge >= 0.3 is 17.9 Å². The van der Waals surface area contributed by atoms with Crippen molar-refractivity contribution in [2.45, 2.75) is 11.0 Å². The Kier molecular flexibility index (Phi) is 15.6. The molecular formula is C24H40N5O12PS. The topological polar surface area (TPSA) is 241 Å². The number of carbonyl (C=O) groups is 3. The van der Waals surface area contributed by atoms with E-state index >= 15 is 0 Å². The quantitative estimate of drug-likeness (QED) is 0.0963. The molecule has 1 fully saturated rings. The SMILES string of the molecule is O=C(O)COc1ccc(S(=O)(=O)NCC(O)CN2CCN(CC(=O)O)CCN(CP(O)O)CCN(CC(=O)O)CC2)cc1. The minimum absolute atomic E-state index is 0.0117. The normalized spacial score (nSPS) is 18.0. The maximum absolute atomic E-state index is 12.7. The summed E-state index contributed by atoms with van der Waals surface area (Å²) in [5, 5.41) is 38.1. The molecule has 0 aliphatic carbocycles. The Morgan fingerprint density at radius 1 is 0.791 bits per heavy atom. The first-order valence-electron chi connectivity index (χ1n) is 13.3. The van der Waals surface area contributed by atoms with Crippen LogP contribution in [-0.2, 0) is 24.4 Å². The van der Waals surface area contributed by atoms with Gasteiger partial charge in [-0.2, -0.15) is 0 Å². The van der Waals surface area contributed by atoms with Crippen molar-refractivity contribution in [3.8, 4) is 5.75 Å². The third-order valence-electron chi connectivity index (χ3n) is 6.45. The van der Waals surface area contributed by atoms with Crippen LogP contribution in [0.3, 0.4) is 0 Å². The molecule has 0 bridgehead atoms. The summed E-state index contributed by atoms with van der Waals surface area (Å²) in [6, 6.07) is 5.09. The predicted molar refractivity (Wildman–Crippen MR) is 153 cm³/mol. The van der Waals surface area contributed by atoms with E-state index in [0.29, 0.717) is 39.3 Å². The van der Waals surface area contributed by atoms with Gasteiger partial charge in [0.15, 0.2) is 15.0 Å². The van der Waals surface area contributed by atoms with Crippen molar-refractivity contribution in [3.63, 3.8) is 0 Å². The summed E-state index contributed by atoms with van der Waals surface area (Å²) in [5.41, 5.74) is 0. The van der Waals surface area contributed by atoms with E-state index in [1.54, 1.807) is 19.6 Å². The molecule has 1 aliphatic heterocycles. The number of benzene rings is 1. The van der Waals surface area contributed by atoms with Crippen molar-refractivity contribution in [1.29, 1.82) is 0 Å². The van der Waals surface area contributed by atoms with Crippen LogP contribution in [-0.4, -0.2) is 174 Å². The number of β-amino-alcohol motifs (C(OH)–C–C–N with tert-alkyl or cyclic N) is 1. The highest BCUT2D eigenvalue weighted by atomic mass is 32.2. The lowest BCUT2D eigenvalue weighted by atomic mass is 10.3. The van der Waals surface area contributed by atoms with Crippen molar-refractivity contribution < 1.29 is 57.8 Å². The number of aliphatic hydroxyl groups excluding tert-OH is 1. The van der Waals surface area contributed by atoms with Crippen molar-refractivity contribution in [2.75, 3.05) is 91.4 Å². The number of sulfonamides is 1. The second kappa shape index (κ2) is 18.3. The van der Waals surface area contributed by atoms with Crippen LogP contribution in [0.15, 0.2) is 29.2 Å². The van der Waals surface area contributed by atoms with E-state index in [2.05, 4.69) is 4.72 Å². The summed E-state index contributed by atoms with van der Waals surface area (Å²) in [7, 11) is -6.26. The number of hydrogen-bond acceptors (Lipinski definition) is 13. The molecule has 2 rings (SSSR count). The van der Waals surface area contributed by atoms with Crippen LogP contribution in [0.4, 0.5) is 0 Å². The molecule has 1 aromatic carbocycles. The van der Waals surface area contributed by atoms with Gasteiger partial charge in [0.1, 0.15) is 5.75 Å². The molecule has 0 spiro atoms. The average molecular weight is 654 g/mol. The van der Waals surface area contributed by atoms with Gasteiger partial charge in [-0.3, -0.25) is 29.2 Å². The standard InChI is InChI=1S/C24H40N5O12PS/c30-19(13-25-43(39,40)21-3-1-20(2-4-21)41-17-24(35)36)14-26-5-7-27(15-22(31)32)9-11-29(18-42(37)38)12-10-28(8-6-26)16-23(33)34/h1-4,19,25,30,37-38H,5-18H2,(H,31,32)(H,33,34)(H,35,36). The van der Waals surface area contributed by atoms with E-state index in [1.165, 1.54) is 24.3 Å². The van der Waals surface area contributed by atoms with Gasteiger partial charge in [0, 0.05) is 65.4 Å². The highest BCUT2D eigenvalue weighted by Gasteiger charge is 2.22. The number of rotatable bonds is 15. The fraction of sp³-hybridized carbons (Fsp3) is 0.625. The van der Waals surface area contributed by atoms with E-state index in [4.69, 9.17) is 9.84 Å². The minimum atomic E-state index is -4.02. The van der Waals surface area contributed by atoms with Crippen LogP contribution >= 0.6 is 8.38 Å². The van der Waals surface area contributed by atoms with E-state index < -0.39 is 49.0 Å². The zero-order valence-electron chi connectivity index (χ0n) is 23.6. The van der Waals surface area contributed by atoms with Crippen molar-refractivity contribution in [2.24, 2.45) is 0 Å². The van der Waals surface area contributed by atoms with Crippen molar-refractivity contribution in [1.82, 2.24) is 24.3 Å². The lowest BCUT2D eigenvalue weighted by Crippen LogP contribution is -2.49.